The van der Waals surface area contributed by atoms with Crippen LogP contribution in [0.5, 0.6) is 0 Å². The molecule has 0 atom stereocenters. The van der Waals surface area contributed by atoms with Crippen molar-refractivity contribution in [3.63, 3.8) is 0 Å². The molecule has 3 heterocycles. The maximum atomic E-state index is 12.6. The molecule has 5 rings (SSSR count). The molecule has 2 aromatic carbocycles. The Kier molecular flexibility index (Phi) is 4.59. The number of benzene rings is 2. The molecule has 2 amide bonds. The number of hydrogen-bond donors (Lipinski definition) is 1. The number of nitrogens with one attached hydrogen (secondary N) is 1. The van der Waals surface area contributed by atoms with Crippen molar-refractivity contribution in [3.05, 3.63) is 88.7 Å². The van der Waals surface area contributed by atoms with E-state index in [0.717, 1.165) is 21.3 Å². The lowest BCUT2D eigenvalue weighted by Crippen LogP contribution is -2.29. The lowest BCUT2D eigenvalue weighted by molar-refractivity contribution is -0.117. The summed E-state index contributed by atoms with van der Waals surface area (Å²) in [7, 11) is 0. The van der Waals surface area contributed by atoms with Gasteiger partial charge < -0.3 is 14.6 Å². The number of anilines is 2. The summed E-state index contributed by atoms with van der Waals surface area (Å²) in [6.45, 7) is 0.374. The molecule has 4 aromatic rings. The van der Waals surface area contributed by atoms with Crippen molar-refractivity contribution < 1.29 is 14.0 Å². The van der Waals surface area contributed by atoms with Crippen molar-refractivity contribution in [2.24, 2.45) is 0 Å². The third kappa shape index (κ3) is 3.48. The maximum Gasteiger partial charge on any atom is 0.275 e. The van der Waals surface area contributed by atoms with Crippen LogP contribution in [0, 0.1) is 0 Å². The lowest BCUT2D eigenvalue weighted by Gasteiger charge is -2.16. The highest BCUT2D eigenvalue weighted by Crippen LogP contribution is 2.31. The van der Waals surface area contributed by atoms with Crippen molar-refractivity contribution in [1.82, 2.24) is 9.78 Å². The van der Waals surface area contributed by atoms with E-state index < -0.39 is 0 Å². The van der Waals surface area contributed by atoms with Crippen molar-refractivity contribution in [2.45, 2.75) is 13.0 Å². The van der Waals surface area contributed by atoms with Gasteiger partial charge in [-0.3, -0.25) is 14.4 Å². The molecule has 0 radical (unpaired) electrons. The fraction of sp³-hybridized carbons (Fsp3) is 0.130. The first-order chi connectivity index (χ1) is 15.1. The quantitative estimate of drug-likeness (QED) is 0.554. The normalized spacial score (nSPS) is 12.7. The first-order valence-corrected chi connectivity index (χ1v) is 9.82. The smallest absolute Gasteiger partial charge is 0.275 e. The zero-order valence-electron chi connectivity index (χ0n) is 16.4. The largest absolute Gasteiger partial charge is 0.472 e. The van der Waals surface area contributed by atoms with Crippen molar-refractivity contribution in [3.8, 4) is 0 Å². The predicted molar refractivity (Wildman–Crippen MR) is 115 cm³/mol. The van der Waals surface area contributed by atoms with Gasteiger partial charge in [-0.15, -0.1) is 0 Å². The second-order valence-electron chi connectivity index (χ2n) is 7.31. The Morgan fingerprint density at radius 1 is 1.13 bits per heavy atom. The second kappa shape index (κ2) is 7.56. The van der Waals surface area contributed by atoms with Gasteiger partial charge in [-0.25, -0.2) is 4.68 Å². The molecule has 0 fully saturated rings. The topological polar surface area (TPSA) is 97.4 Å². The zero-order chi connectivity index (χ0) is 21.4. The first-order valence-electron chi connectivity index (χ1n) is 9.82. The van der Waals surface area contributed by atoms with Crippen LogP contribution in [0.25, 0.3) is 10.8 Å². The minimum absolute atomic E-state index is 0.119. The lowest BCUT2D eigenvalue weighted by atomic mass is 10.1. The Morgan fingerprint density at radius 3 is 2.84 bits per heavy atom. The Morgan fingerprint density at radius 2 is 2.00 bits per heavy atom. The van der Waals surface area contributed by atoms with Gasteiger partial charge in [-0.2, -0.15) is 5.10 Å². The van der Waals surface area contributed by atoms with Crippen LogP contribution in [0.1, 0.15) is 15.9 Å². The van der Waals surface area contributed by atoms with Gasteiger partial charge in [0.15, 0.2) is 0 Å². The monoisotopic (exact) mass is 414 g/mol. The van der Waals surface area contributed by atoms with Crippen molar-refractivity contribution >= 4 is 34.0 Å². The number of carbonyl (C=O) groups excluding carboxylic acids is 2. The van der Waals surface area contributed by atoms with E-state index in [9.17, 15) is 14.4 Å². The molecule has 0 unspecified atom stereocenters. The van der Waals surface area contributed by atoms with E-state index >= 15 is 0 Å². The summed E-state index contributed by atoms with van der Waals surface area (Å²) in [6, 6.07) is 14.2. The van der Waals surface area contributed by atoms with E-state index in [1.54, 1.807) is 41.4 Å². The van der Waals surface area contributed by atoms with E-state index in [-0.39, 0.29) is 23.9 Å². The fourth-order valence-electron chi connectivity index (χ4n) is 3.81. The Labute approximate surface area is 176 Å². The van der Waals surface area contributed by atoms with Crippen LogP contribution >= 0.6 is 0 Å². The van der Waals surface area contributed by atoms with Crippen LogP contribution in [-0.4, -0.2) is 28.1 Å². The number of amides is 2. The Hall–Kier alpha value is -4.20. The fourth-order valence-corrected chi connectivity index (χ4v) is 3.81. The van der Waals surface area contributed by atoms with E-state index in [1.807, 2.05) is 18.2 Å². The maximum absolute atomic E-state index is 12.6. The summed E-state index contributed by atoms with van der Waals surface area (Å²) in [4.78, 5) is 39.4. The molecule has 2 aromatic heterocycles. The standard InChI is InChI=1S/C23H18N4O4/c28-21(13-27-23(30)19-4-2-1-3-16(19)12-24-27)25-18-5-6-20-15(11-18)7-9-26(20)22(29)17-8-10-31-14-17/h1-6,8,10-12,14H,7,9,13H2,(H,25,28). The summed E-state index contributed by atoms with van der Waals surface area (Å²) in [5.74, 6) is -0.472. The number of aromatic nitrogens is 2. The molecule has 0 saturated carbocycles. The second-order valence-corrected chi connectivity index (χ2v) is 7.31. The third-order valence-corrected chi connectivity index (χ3v) is 5.33. The number of hydrogen-bond acceptors (Lipinski definition) is 5. The molecule has 31 heavy (non-hydrogen) atoms. The van der Waals surface area contributed by atoms with Gasteiger partial charge in [-0.05, 0) is 42.3 Å². The van der Waals surface area contributed by atoms with E-state index in [4.69, 9.17) is 4.42 Å². The predicted octanol–water partition coefficient (Wildman–Crippen LogP) is 2.83. The Bertz CT molecular complexity index is 1360. The molecular formula is C23H18N4O4. The molecule has 8 nitrogen and oxygen atoms in total. The summed E-state index contributed by atoms with van der Waals surface area (Å²) in [5.41, 5.74) is 2.58. The SMILES string of the molecule is O=C(Cn1ncc2ccccc2c1=O)Nc1ccc2c(c1)CCN2C(=O)c1ccoc1. The van der Waals surface area contributed by atoms with Gasteiger partial charge in [0.1, 0.15) is 12.8 Å². The number of furan rings is 1. The highest BCUT2D eigenvalue weighted by Gasteiger charge is 2.26. The van der Waals surface area contributed by atoms with Crippen molar-refractivity contribution in [2.75, 3.05) is 16.8 Å². The third-order valence-electron chi connectivity index (χ3n) is 5.33. The number of nitrogens with zero attached hydrogens (tertiary/aromatic N) is 3. The van der Waals surface area contributed by atoms with Crippen LogP contribution in [0.3, 0.4) is 0 Å². The van der Waals surface area contributed by atoms with E-state index in [1.165, 1.54) is 12.5 Å². The van der Waals surface area contributed by atoms with Crippen LogP contribution in [-0.2, 0) is 17.8 Å². The molecule has 1 N–H and O–H groups in total. The summed E-state index contributed by atoms with van der Waals surface area (Å²) >= 11 is 0. The first kappa shape index (κ1) is 18.8. The molecule has 1 aliphatic rings. The molecule has 0 spiro atoms. The van der Waals surface area contributed by atoms with Gasteiger partial charge in [0.25, 0.3) is 11.5 Å². The van der Waals surface area contributed by atoms with Crippen molar-refractivity contribution in [1.29, 1.82) is 0 Å². The average Bonchev–Trinajstić information content (AvgIpc) is 3.45. The van der Waals surface area contributed by atoms with Gasteiger partial charge >= 0.3 is 0 Å². The average molecular weight is 414 g/mol. The molecule has 154 valence electrons. The molecule has 1 aliphatic heterocycles. The molecule has 0 saturated heterocycles. The molecule has 8 heteroatoms. The number of fused-ring (bicyclic) bond motifs is 2. The van der Waals surface area contributed by atoms with Gasteiger partial charge in [0, 0.05) is 23.3 Å². The number of carbonyl (C=O) groups is 2. The highest BCUT2D eigenvalue weighted by molar-refractivity contribution is 6.07. The van der Waals surface area contributed by atoms with E-state index in [0.29, 0.717) is 29.6 Å². The van der Waals surface area contributed by atoms with E-state index in [2.05, 4.69) is 10.4 Å². The molecule has 0 aliphatic carbocycles. The minimum atomic E-state index is -0.353. The Balaban J connectivity index is 1.31. The van der Waals surface area contributed by atoms with Gasteiger partial charge in [0.05, 0.1) is 23.4 Å². The van der Waals surface area contributed by atoms with Crippen LogP contribution < -0.4 is 15.8 Å². The summed E-state index contributed by atoms with van der Waals surface area (Å²) < 4.78 is 6.15. The molecule has 0 bridgehead atoms. The minimum Gasteiger partial charge on any atom is -0.472 e. The van der Waals surface area contributed by atoms with Crippen LogP contribution in [0.2, 0.25) is 0 Å². The summed E-state index contributed by atoms with van der Waals surface area (Å²) in [5, 5.41) is 8.15. The van der Waals surface area contributed by atoms with Crippen LogP contribution in [0.4, 0.5) is 11.4 Å². The summed E-state index contributed by atoms with van der Waals surface area (Å²) in [6.07, 6.45) is 5.16. The molecular weight excluding hydrogens is 396 g/mol. The van der Waals surface area contributed by atoms with Crippen LogP contribution in [0.15, 0.2) is 76.5 Å². The number of rotatable bonds is 4. The van der Waals surface area contributed by atoms with Gasteiger partial charge in [0.2, 0.25) is 5.91 Å². The zero-order valence-corrected chi connectivity index (χ0v) is 16.4. The highest BCUT2D eigenvalue weighted by atomic mass is 16.3. The van der Waals surface area contributed by atoms with Gasteiger partial charge in [-0.1, -0.05) is 18.2 Å².